The van der Waals surface area contributed by atoms with Crippen LogP contribution < -0.4 is 10.5 Å². The second kappa shape index (κ2) is 13.4. The van der Waals surface area contributed by atoms with Crippen LogP contribution in [0.3, 0.4) is 0 Å². The van der Waals surface area contributed by atoms with E-state index in [-0.39, 0.29) is 46.3 Å². The number of anilines is 1. The molecule has 40 heavy (non-hydrogen) atoms. The van der Waals surface area contributed by atoms with Crippen LogP contribution in [0.2, 0.25) is 5.02 Å². The maximum absolute atomic E-state index is 13.5. The predicted molar refractivity (Wildman–Crippen MR) is 155 cm³/mol. The van der Waals surface area contributed by atoms with E-state index in [4.69, 9.17) is 25.9 Å². The summed E-state index contributed by atoms with van der Waals surface area (Å²) in [6, 6.07) is 5.86. The van der Waals surface area contributed by atoms with Crippen molar-refractivity contribution in [3.05, 3.63) is 46.9 Å². The molecule has 1 saturated carbocycles. The van der Waals surface area contributed by atoms with E-state index in [1.54, 1.807) is 44.7 Å². The number of hydrogen-bond donors (Lipinski definition) is 2. The first-order valence-electron chi connectivity index (χ1n) is 13.0. The van der Waals surface area contributed by atoms with Gasteiger partial charge in [-0.2, -0.15) is 0 Å². The molecule has 1 aliphatic carbocycles. The molecule has 1 aromatic heterocycles. The van der Waals surface area contributed by atoms with Crippen LogP contribution in [0.4, 0.5) is 5.69 Å². The van der Waals surface area contributed by atoms with Gasteiger partial charge in [-0.3, -0.25) is 14.4 Å². The SMILES string of the molecule is CC(CSC(=O)c1cc(S(N)(=O)=O)c(Cl)cc1NCc1ccco1)C(=O)N(CC(=O)OC(C)(C)C)C1CCCC1. The molecule has 0 aliphatic heterocycles. The van der Waals surface area contributed by atoms with Crippen LogP contribution in [0.1, 0.15) is 69.5 Å². The van der Waals surface area contributed by atoms with Gasteiger partial charge in [-0.05, 0) is 57.9 Å². The number of halogens is 1. The van der Waals surface area contributed by atoms with Crippen LogP contribution in [0.5, 0.6) is 0 Å². The molecule has 1 heterocycles. The minimum atomic E-state index is -4.20. The fraction of sp³-hybridized carbons (Fsp3) is 0.519. The van der Waals surface area contributed by atoms with E-state index < -0.39 is 32.6 Å². The van der Waals surface area contributed by atoms with Crippen molar-refractivity contribution in [3.63, 3.8) is 0 Å². The lowest BCUT2D eigenvalue weighted by Gasteiger charge is -2.31. The van der Waals surface area contributed by atoms with Crippen molar-refractivity contribution in [1.82, 2.24) is 4.90 Å². The monoisotopic (exact) mass is 613 g/mol. The topological polar surface area (TPSA) is 149 Å². The smallest absolute Gasteiger partial charge is 0.326 e. The number of hydrogen-bond acceptors (Lipinski definition) is 9. The van der Waals surface area contributed by atoms with Crippen molar-refractivity contribution in [2.45, 2.75) is 76.5 Å². The Morgan fingerprint density at radius 2 is 1.93 bits per heavy atom. The number of ether oxygens (including phenoxy) is 1. The zero-order chi connectivity index (χ0) is 29.7. The third-order valence-electron chi connectivity index (χ3n) is 6.29. The molecule has 220 valence electrons. The van der Waals surface area contributed by atoms with E-state index in [1.807, 2.05) is 0 Å². The van der Waals surface area contributed by atoms with Gasteiger partial charge in [0, 0.05) is 23.4 Å². The third-order valence-corrected chi connectivity index (χ3v) is 8.81. The van der Waals surface area contributed by atoms with E-state index >= 15 is 0 Å². The molecular formula is C27H36ClN3O7S2. The Hall–Kier alpha value is -2.54. The zero-order valence-corrected chi connectivity index (χ0v) is 25.5. The van der Waals surface area contributed by atoms with Crippen LogP contribution in [-0.4, -0.2) is 54.2 Å². The molecule has 1 atom stereocenters. The molecule has 1 aromatic carbocycles. The lowest BCUT2D eigenvalue weighted by molar-refractivity contribution is -0.160. The number of nitrogens with one attached hydrogen (secondary N) is 1. The predicted octanol–water partition coefficient (Wildman–Crippen LogP) is 4.81. The number of sulfonamides is 1. The molecule has 0 radical (unpaired) electrons. The number of nitrogens with two attached hydrogens (primary N) is 1. The van der Waals surface area contributed by atoms with Gasteiger partial charge in [0.1, 0.15) is 22.8 Å². The Bertz CT molecular complexity index is 1320. The number of nitrogens with zero attached hydrogens (tertiary/aromatic N) is 1. The highest BCUT2D eigenvalue weighted by molar-refractivity contribution is 8.14. The molecule has 13 heteroatoms. The van der Waals surface area contributed by atoms with E-state index in [2.05, 4.69) is 5.32 Å². The summed E-state index contributed by atoms with van der Waals surface area (Å²) >= 11 is 7.04. The summed E-state index contributed by atoms with van der Waals surface area (Å²) in [7, 11) is -4.20. The number of thioether (sulfide) groups is 1. The third kappa shape index (κ3) is 8.98. The van der Waals surface area contributed by atoms with Crippen molar-refractivity contribution in [1.29, 1.82) is 0 Å². The molecule has 0 spiro atoms. The highest BCUT2D eigenvalue weighted by Crippen LogP contribution is 2.32. The molecule has 0 bridgehead atoms. The first kappa shape index (κ1) is 32.0. The van der Waals surface area contributed by atoms with Gasteiger partial charge in [-0.15, -0.1) is 0 Å². The summed E-state index contributed by atoms with van der Waals surface area (Å²) in [6.07, 6.45) is 5.06. The van der Waals surface area contributed by atoms with Crippen LogP contribution in [0.15, 0.2) is 39.8 Å². The normalized spacial score (nSPS) is 15.1. The fourth-order valence-corrected chi connectivity index (χ4v) is 6.40. The van der Waals surface area contributed by atoms with Gasteiger partial charge in [0.15, 0.2) is 0 Å². The molecule has 0 saturated heterocycles. The zero-order valence-electron chi connectivity index (χ0n) is 23.1. The summed E-state index contributed by atoms with van der Waals surface area (Å²) < 4.78 is 34.9. The number of furan rings is 1. The van der Waals surface area contributed by atoms with Gasteiger partial charge >= 0.3 is 5.97 Å². The number of benzene rings is 1. The van der Waals surface area contributed by atoms with Gasteiger partial charge in [0.05, 0.1) is 23.4 Å². The maximum Gasteiger partial charge on any atom is 0.326 e. The highest BCUT2D eigenvalue weighted by Gasteiger charge is 2.33. The van der Waals surface area contributed by atoms with Gasteiger partial charge in [0.25, 0.3) is 0 Å². The summed E-state index contributed by atoms with van der Waals surface area (Å²) in [6.45, 7) is 7.08. The minimum Gasteiger partial charge on any atom is -0.467 e. The molecule has 3 N–H and O–H groups in total. The first-order valence-corrected chi connectivity index (χ1v) is 15.9. The van der Waals surface area contributed by atoms with E-state index in [0.29, 0.717) is 11.4 Å². The highest BCUT2D eigenvalue weighted by atomic mass is 35.5. The second-order valence-electron chi connectivity index (χ2n) is 10.8. The lowest BCUT2D eigenvalue weighted by Crippen LogP contribution is -2.46. The Labute approximate surface area is 244 Å². The van der Waals surface area contributed by atoms with Crippen molar-refractivity contribution >= 4 is 56.1 Å². The molecule has 1 unspecified atom stereocenters. The summed E-state index contributed by atoms with van der Waals surface area (Å²) in [5.41, 5.74) is -0.333. The number of carbonyl (C=O) groups excluding carboxylic acids is 3. The minimum absolute atomic E-state index is 0.0473. The van der Waals surface area contributed by atoms with Crippen LogP contribution in [-0.2, 0) is 30.9 Å². The number of primary sulfonamides is 1. The standard InChI is InChI=1S/C27H36ClN3O7S2/c1-17(25(33)31(18-8-5-6-9-18)15-24(32)38-27(2,3)4)16-39-26(34)20-12-23(40(29,35)36)21(28)13-22(20)30-14-19-10-7-11-37-19/h7,10-13,17-18,30H,5-6,8-9,14-16H2,1-4H3,(H2,29,35,36). The first-order chi connectivity index (χ1) is 18.7. The summed E-state index contributed by atoms with van der Waals surface area (Å²) in [5, 5.41) is 7.75. The van der Waals surface area contributed by atoms with Crippen molar-refractivity contribution in [3.8, 4) is 0 Å². The Balaban J connectivity index is 1.76. The molecular weight excluding hydrogens is 578 g/mol. The number of rotatable bonds is 11. The van der Waals surface area contributed by atoms with E-state index in [9.17, 15) is 22.8 Å². The fourth-order valence-electron chi connectivity index (χ4n) is 4.43. The van der Waals surface area contributed by atoms with Crippen molar-refractivity contribution < 1.29 is 32.0 Å². The van der Waals surface area contributed by atoms with Gasteiger partial charge < -0.3 is 19.4 Å². The summed E-state index contributed by atoms with van der Waals surface area (Å²) in [5.74, 6) is -0.612. The molecule has 1 amide bonds. The summed E-state index contributed by atoms with van der Waals surface area (Å²) in [4.78, 5) is 40.6. The maximum atomic E-state index is 13.5. The second-order valence-corrected chi connectivity index (χ2v) is 13.7. The number of carbonyl (C=O) groups is 3. The van der Waals surface area contributed by atoms with Crippen LogP contribution in [0.25, 0.3) is 0 Å². The average molecular weight is 614 g/mol. The molecule has 10 nitrogen and oxygen atoms in total. The molecule has 3 rings (SSSR count). The Morgan fingerprint density at radius 3 is 2.50 bits per heavy atom. The van der Waals surface area contributed by atoms with Gasteiger partial charge in [-0.25, -0.2) is 13.6 Å². The Kier molecular flexibility index (Phi) is 10.7. The Morgan fingerprint density at radius 1 is 1.25 bits per heavy atom. The molecule has 1 aliphatic rings. The van der Waals surface area contributed by atoms with E-state index in [1.165, 1.54) is 12.3 Å². The van der Waals surface area contributed by atoms with E-state index in [0.717, 1.165) is 43.5 Å². The molecule has 2 aromatic rings. The van der Waals surface area contributed by atoms with Gasteiger partial charge in [-0.1, -0.05) is 43.1 Å². The average Bonchev–Trinajstić information content (AvgIpc) is 3.56. The lowest BCUT2D eigenvalue weighted by atomic mass is 10.1. The quantitative estimate of drug-likeness (QED) is 0.340. The van der Waals surface area contributed by atoms with Crippen LogP contribution >= 0.6 is 23.4 Å². The number of amides is 1. The van der Waals surface area contributed by atoms with Crippen molar-refractivity contribution in [2.24, 2.45) is 11.1 Å². The number of esters is 1. The molecule has 1 fully saturated rings. The van der Waals surface area contributed by atoms with Crippen LogP contribution in [0, 0.1) is 5.92 Å². The van der Waals surface area contributed by atoms with Crippen molar-refractivity contribution in [2.75, 3.05) is 17.6 Å². The largest absolute Gasteiger partial charge is 0.467 e. The van der Waals surface area contributed by atoms with Gasteiger partial charge in [0.2, 0.25) is 21.0 Å².